The first-order chi connectivity index (χ1) is 6.80. The summed E-state index contributed by atoms with van der Waals surface area (Å²) in [6.45, 7) is 0. The molecule has 0 aliphatic heterocycles. The second-order valence-corrected chi connectivity index (χ2v) is 3.29. The molecule has 0 saturated heterocycles. The first-order valence-electron chi connectivity index (χ1n) is 3.91. The monoisotopic (exact) mass is 243 g/mol. The topological polar surface area (TPSA) is 29.1 Å². The van der Waals surface area contributed by atoms with Gasteiger partial charge in [-0.2, -0.15) is 13.2 Å². The third-order valence-corrected chi connectivity index (χ3v) is 2.04. The fourth-order valence-corrected chi connectivity index (χ4v) is 1.16. The zero-order valence-electron chi connectivity index (χ0n) is 7.24. The van der Waals surface area contributed by atoms with Gasteiger partial charge in [0.25, 0.3) is 0 Å². The third-order valence-electron chi connectivity index (χ3n) is 1.70. The van der Waals surface area contributed by atoms with E-state index >= 15 is 0 Å². The fourth-order valence-electron chi connectivity index (χ4n) is 1.00. The molecule has 0 saturated carbocycles. The molecule has 1 N–H and O–H groups in total. The summed E-state index contributed by atoms with van der Waals surface area (Å²) in [7, 11) is 0. The van der Waals surface area contributed by atoms with Gasteiger partial charge in [-0.1, -0.05) is 17.7 Å². The van der Waals surface area contributed by atoms with E-state index in [-0.39, 0.29) is 11.5 Å². The predicted molar refractivity (Wildman–Crippen MR) is 45.7 cm³/mol. The van der Waals surface area contributed by atoms with Gasteiger partial charge in [0.2, 0.25) is 0 Å². The molecule has 1 rings (SSSR count). The number of allylic oxidation sites excluding steroid dienone is 2. The van der Waals surface area contributed by atoms with Crippen molar-refractivity contribution in [3.05, 3.63) is 23.0 Å². The van der Waals surface area contributed by atoms with Crippen molar-refractivity contribution in [2.75, 3.05) is 0 Å². The molecule has 0 fully saturated rings. The summed E-state index contributed by atoms with van der Waals surface area (Å²) in [5.41, 5.74) is 0. The van der Waals surface area contributed by atoms with E-state index in [0.29, 0.717) is 0 Å². The van der Waals surface area contributed by atoms with Crippen molar-refractivity contribution in [2.45, 2.75) is 18.6 Å². The minimum atomic E-state index is -4.96. The van der Waals surface area contributed by atoms with Crippen LogP contribution < -0.4 is 5.32 Å². The van der Waals surface area contributed by atoms with Gasteiger partial charge in [-0.05, 0) is 12.5 Å². The maximum atomic E-state index is 12.8. The summed E-state index contributed by atoms with van der Waals surface area (Å²) < 4.78 is 48.2. The second kappa shape index (κ2) is 4.22. The molecule has 0 aromatic rings. The fraction of sp³-hybridized carbons (Fsp3) is 0.375. The Balaban J connectivity index is 2.61. The lowest BCUT2D eigenvalue weighted by Crippen LogP contribution is -2.42. The summed E-state index contributed by atoms with van der Waals surface area (Å²) in [5.74, 6) is -2.93. The molecule has 84 valence electrons. The molecule has 2 nitrogen and oxygen atoms in total. The van der Waals surface area contributed by atoms with Crippen LogP contribution in [0.25, 0.3) is 0 Å². The van der Waals surface area contributed by atoms with Crippen LogP contribution in [0.4, 0.5) is 17.6 Å². The summed E-state index contributed by atoms with van der Waals surface area (Å²) in [5, 5.41) is 1.47. The van der Waals surface area contributed by atoms with Gasteiger partial charge in [0, 0.05) is 0 Å². The Hall–Kier alpha value is -1.04. The maximum Gasteiger partial charge on any atom is 0.471 e. The number of amides is 1. The number of alkyl halides is 3. The smallest absolute Gasteiger partial charge is 0.342 e. The lowest BCUT2D eigenvalue weighted by molar-refractivity contribution is -0.174. The van der Waals surface area contributed by atoms with E-state index in [2.05, 4.69) is 0 Å². The van der Waals surface area contributed by atoms with Crippen molar-refractivity contribution in [3.8, 4) is 0 Å². The first-order valence-corrected chi connectivity index (χ1v) is 4.29. The number of carbonyl (C=O) groups excluding carboxylic acids is 1. The minimum Gasteiger partial charge on any atom is -0.342 e. The average molecular weight is 244 g/mol. The van der Waals surface area contributed by atoms with E-state index in [1.807, 2.05) is 0 Å². The van der Waals surface area contributed by atoms with Crippen molar-refractivity contribution in [1.82, 2.24) is 5.32 Å². The average Bonchev–Trinajstić information content (AvgIpc) is 2.10. The van der Waals surface area contributed by atoms with E-state index in [0.717, 1.165) is 6.08 Å². The van der Waals surface area contributed by atoms with Crippen molar-refractivity contribution in [2.24, 2.45) is 0 Å². The van der Waals surface area contributed by atoms with E-state index in [1.165, 1.54) is 6.08 Å². The van der Waals surface area contributed by atoms with Crippen LogP contribution in [-0.2, 0) is 4.79 Å². The van der Waals surface area contributed by atoms with Crippen LogP contribution in [0.5, 0.6) is 0 Å². The van der Waals surface area contributed by atoms with Crippen molar-refractivity contribution in [1.29, 1.82) is 0 Å². The van der Waals surface area contributed by atoms with Gasteiger partial charge in [-0.15, -0.1) is 0 Å². The van der Waals surface area contributed by atoms with Crippen LogP contribution in [0, 0.1) is 0 Å². The zero-order chi connectivity index (χ0) is 11.6. The summed E-state index contributed by atoms with van der Waals surface area (Å²) in [6, 6.07) is -1.01. The predicted octanol–water partition coefficient (Wildman–Crippen LogP) is 2.41. The Labute approximate surface area is 87.6 Å². The summed E-state index contributed by atoms with van der Waals surface area (Å²) >= 11 is 5.34. The molecule has 0 aromatic carbocycles. The van der Waals surface area contributed by atoms with Gasteiger partial charge in [0.05, 0.1) is 11.1 Å². The molecule has 1 aliphatic rings. The molecule has 1 unspecified atom stereocenters. The Kier molecular flexibility index (Phi) is 3.38. The number of halogens is 5. The quantitative estimate of drug-likeness (QED) is 0.704. The lowest BCUT2D eigenvalue weighted by Gasteiger charge is -2.17. The van der Waals surface area contributed by atoms with Gasteiger partial charge < -0.3 is 5.32 Å². The molecule has 15 heavy (non-hydrogen) atoms. The molecule has 0 aromatic heterocycles. The second-order valence-electron chi connectivity index (χ2n) is 2.88. The standard InChI is InChI=1S/C8H6ClF4NO/c9-5-2-1-4(3-6(5)10)14-7(15)8(11,12)13/h2-4H,1H2,(H,14,15). The molecule has 0 heterocycles. The van der Waals surface area contributed by atoms with Crippen molar-refractivity contribution < 1.29 is 22.4 Å². The van der Waals surface area contributed by atoms with Crippen LogP contribution in [0.1, 0.15) is 6.42 Å². The van der Waals surface area contributed by atoms with E-state index in [4.69, 9.17) is 11.6 Å². The summed E-state index contributed by atoms with van der Waals surface area (Å²) in [6.07, 6.45) is -2.88. The zero-order valence-corrected chi connectivity index (χ0v) is 7.99. The van der Waals surface area contributed by atoms with Gasteiger partial charge >= 0.3 is 12.1 Å². The molecule has 1 aliphatic carbocycles. The van der Waals surface area contributed by atoms with Gasteiger partial charge in [0.1, 0.15) is 5.83 Å². The van der Waals surface area contributed by atoms with Crippen molar-refractivity contribution in [3.63, 3.8) is 0 Å². The van der Waals surface area contributed by atoms with Crippen LogP contribution in [-0.4, -0.2) is 18.1 Å². The lowest BCUT2D eigenvalue weighted by atomic mass is 10.1. The number of hydrogen-bond donors (Lipinski definition) is 1. The highest BCUT2D eigenvalue weighted by atomic mass is 35.5. The molecule has 0 spiro atoms. The van der Waals surface area contributed by atoms with E-state index < -0.39 is 24.0 Å². The van der Waals surface area contributed by atoms with Crippen LogP contribution >= 0.6 is 11.6 Å². The number of carbonyl (C=O) groups is 1. The summed E-state index contributed by atoms with van der Waals surface area (Å²) in [4.78, 5) is 10.5. The normalized spacial score (nSPS) is 21.8. The Morgan fingerprint density at radius 1 is 1.53 bits per heavy atom. The van der Waals surface area contributed by atoms with E-state index in [9.17, 15) is 22.4 Å². The van der Waals surface area contributed by atoms with Crippen LogP contribution in [0.2, 0.25) is 0 Å². The van der Waals surface area contributed by atoms with E-state index in [1.54, 1.807) is 5.32 Å². The minimum absolute atomic E-state index is 0.0358. The molecule has 0 radical (unpaired) electrons. The van der Waals surface area contributed by atoms with Gasteiger partial charge in [-0.25, -0.2) is 4.39 Å². The van der Waals surface area contributed by atoms with Gasteiger partial charge in [-0.3, -0.25) is 4.79 Å². The number of hydrogen-bond acceptors (Lipinski definition) is 1. The SMILES string of the molecule is O=C(NC1C=C(F)C(Cl)=CC1)C(F)(F)F. The molecule has 7 heteroatoms. The highest BCUT2D eigenvalue weighted by molar-refractivity contribution is 6.31. The highest BCUT2D eigenvalue weighted by Gasteiger charge is 2.39. The maximum absolute atomic E-state index is 12.8. The third kappa shape index (κ3) is 3.23. The Bertz CT molecular complexity index is 334. The molecule has 1 atom stereocenters. The molecular formula is C8H6ClF4NO. The number of nitrogens with one attached hydrogen (secondary N) is 1. The van der Waals surface area contributed by atoms with Crippen molar-refractivity contribution >= 4 is 17.5 Å². The van der Waals surface area contributed by atoms with Crippen LogP contribution in [0.3, 0.4) is 0 Å². The number of rotatable bonds is 1. The first kappa shape index (κ1) is 12.0. The highest BCUT2D eigenvalue weighted by Crippen LogP contribution is 2.24. The Morgan fingerprint density at radius 3 is 2.60 bits per heavy atom. The molecule has 0 bridgehead atoms. The van der Waals surface area contributed by atoms with Crippen LogP contribution in [0.15, 0.2) is 23.0 Å². The molecular weight excluding hydrogens is 238 g/mol. The largest absolute Gasteiger partial charge is 0.471 e. The molecule has 1 amide bonds. The van der Waals surface area contributed by atoms with Gasteiger partial charge in [0.15, 0.2) is 0 Å². The Morgan fingerprint density at radius 2 is 2.13 bits per heavy atom.